The molecule has 0 bridgehead atoms. The predicted molar refractivity (Wildman–Crippen MR) is 107 cm³/mol. The Hall–Kier alpha value is -2.97. The highest BCUT2D eigenvalue weighted by Gasteiger charge is 2.19. The molecule has 142 valence electrons. The van der Waals surface area contributed by atoms with Gasteiger partial charge in [-0.05, 0) is 42.8 Å². The van der Waals surface area contributed by atoms with Crippen LogP contribution in [0.1, 0.15) is 23.0 Å². The lowest BCUT2D eigenvalue weighted by molar-refractivity contribution is -0.384. The third kappa shape index (κ3) is 3.97. The molecule has 2 aromatic carbocycles. The Bertz CT molecular complexity index is 1140. The maximum atomic E-state index is 13.1. The lowest BCUT2D eigenvalue weighted by Gasteiger charge is -2.13. The molecule has 0 spiro atoms. The number of Topliss-reactive ketones (excluding diaryl/α,β-unsaturated/α-hetero) is 1. The zero-order valence-electron chi connectivity index (χ0n) is 14.9. The highest BCUT2D eigenvalue weighted by atomic mass is 35.5. The average Bonchev–Trinajstić information content (AvgIpc) is 2.65. The largest absolute Gasteiger partial charge is 0.293 e. The van der Waals surface area contributed by atoms with Gasteiger partial charge in [0.1, 0.15) is 5.69 Å². The minimum atomic E-state index is -0.494. The molecule has 3 aromatic rings. The summed E-state index contributed by atoms with van der Waals surface area (Å²) in [4.78, 5) is 36.4. The van der Waals surface area contributed by atoms with Crippen LogP contribution < -0.4 is 5.56 Å². The molecule has 0 atom stereocenters. The third-order valence-corrected chi connectivity index (χ3v) is 5.36. The van der Waals surface area contributed by atoms with Gasteiger partial charge < -0.3 is 0 Å². The Morgan fingerprint density at radius 1 is 1.21 bits per heavy atom. The molecule has 0 unspecified atom stereocenters. The van der Waals surface area contributed by atoms with Gasteiger partial charge in [-0.15, -0.1) is 0 Å². The number of carbonyl (C=O) groups is 1. The number of non-ortho nitro benzene ring substituents is 1. The summed E-state index contributed by atoms with van der Waals surface area (Å²) in [6, 6.07) is 12.4. The number of hydrogen-bond donors (Lipinski definition) is 0. The first-order valence-corrected chi connectivity index (χ1v) is 9.30. The molecule has 0 aliphatic carbocycles. The SMILES string of the molecule is CC(=O)c1nn(-c2cccc(Cl)c2)c(=O)c(Sc2ccc([N+](=O)[O-])cc2)c1C. The molecule has 0 aliphatic heterocycles. The Morgan fingerprint density at radius 3 is 2.46 bits per heavy atom. The summed E-state index contributed by atoms with van der Waals surface area (Å²) < 4.78 is 1.14. The van der Waals surface area contributed by atoms with Crippen molar-refractivity contribution in [1.29, 1.82) is 0 Å². The molecule has 0 fully saturated rings. The van der Waals surface area contributed by atoms with E-state index in [9.17, 15) is 19.7 Å². The number of carbonyl (C=O) groups excluding carboxylic acids is 1. The molecule has 1 aromatic heterocycles. The second-order valence-electron chi connectivity index (χ2n) is 5.91. The summed E-state index contributed by atoms with van der Waals surface area (Å²) in [7, 11) is 0. The zero-order valence-corrected chi connectivity index (χ0v) is 16.5. The van der Waals surface area contributed by atoms with E-state index in [1.54, 1.807) is 43.3 Å². The topological polar surface area (TPSA) is 95.1 Å². The van der Waals surface area contributed by atoms with Crippen LogP contribution in [-0.2, 0) is 0 Å². The second-order valence-corrected chi connectivity index (χ2v) is 7.43. The van der Waals surface area contributed by atoms with Gasteiger partial charge in [-0.25, -0.2) is 0 Å². The monoisotopic (exact) mass is 415 g/mol. The highest BCUT2D eigenvalue weighted by Crippen LogP contribution is 2.30. The first-order valence-electron chi connectivity index (χ1n) is 8.11. The van der Waals surface area contributed by atoms with E-state index in [-0.39, 0.29) is 17.2 Å². The van der Waals surface area contributed by atoms with Gasteiger partial charge >= 0.3 is 0 Å². The fourth-order valence-corrected chi connectivity index (χ4v) is 3.69. The number of aromatic nitrogens is 2. The molecule has 3 rings (SSSR count). The maximum absolute atomic E-state index is 13.1. The van der Waals surface area contributed by atoms with E-state index in [1.165, 1.54) is 19.1 Å². The number of benzene rings is 2. The summed E-state index contributed by atoms with van der Waals surface area (Å²) in [6.45, 7) is 3.03. The van der Waals surface area contributed by atoms with E-state index < -0.39 is 10.5 Å². The number of hydrogen-bond acceptors (Lipinski definition) is 6. The smallest absolute Gasteiger partial charge is 0.285 e. The number of halogens is 1. The second kappa shape index (κ2) is 7.95. The van der Waals surface area contributed by atoms with E-state index in [4.69, 9.17) is 11.6 Å². The molecule has 0 aliphatic rings. The van der Waals surface area contributed by atoms with Crippen molar-refractivity contribution in [3.05, 3.63) is 85.3 Å². The summed E-state index contributed by atoms with van der Waals surface area (Å²) in [5.74, 6) is -0.279. The molecule has 9 heteroatoms. The van der Waals surface area contributed by atoms with Crippen molar-refractivity contribution < 1.29 is 9.72 Å². The van der Waals surface area contributed by atoms with Gasteiger partial charge in [0.25, 0.3) is 11.2 Å². The van der Waals surface area contributed by atoms with Crippen LogP contribution in [0.15, 0.2) is 63.1 Å². The van der Waals surface area contributed by atoms with Gasteiger partial charge in [0.05, 0.1) is 15.5 Å². The molecular formula is C19H14ClN3O4S. The van der Waals surface area contributed by atoms with Crippen LogP contribution in [0.3, 0.4) is 0 Å². The van der Waals surface area contributed by atoms with E-state index in [0.717, 1.165) is 16.4 Å². The Morgan fingerprint density at radius 2 is 1.89 bits per heavy atom. The minimum absolute atomic E-state index is 0.0448. The summed E-state index contributed by atoms with van der Waals surface area (Å²) in [5.41, 5.74) is 0.610. The Balaban J connectivity index is 2.15. The van der Waals surface area contributed by atoms with Crippen LogP contribution in [0.5, 0.6) is 0 Å². The molecule has 7 nitrogen and oxygen atoms in total. The van der Waals surface area contributed by atoms with Gasteiger partial charge in [0.15, 0.2) is 5.78 Å². The minimum Gasteiger partial charge on any atom is -0.293 e. The van der Waals surface area contributed by atoms with Crippen LogP contribution in [-0.4, -0.2) is 20.5 Å². The van der Waals surface area contributed by atoms with Crippen LogP contribution in [0.4, 0.5) is 5.69 Å². The third-order valence-electron chi connectivity index (χ3n) is 3.94. The van der Waals surface area contributed by atoms with Crippen molar-refractivity contribution in [2.45, 2.75) is 23.6 Å². The molecule has 28 heavy (non-hydrogen) atoms. The summed E-state index contributed by atoms with van der Waals surface area (Å²) >= 11 is 7.14. The lowest BCUT2D eigenvalue weighted by Crippen LogP contribution is -2.26. The number of nitro groups is 1. The molecule has 0 saturated heterocycles. The molecule has 0 saturated carbocycles. The maximum Gasteiger partial charge on any atom is 0.285 e. The van der Waals surface area contributed by atoms with Crippen molar-refractivity contribution in [1.82, 2.24) is 9.78 Å². The van der Waals surface area contributed by atoms with Gasteiger partial charge in [0, 0.05) is 29.0 Å². The number of nitrogens with zero attached hydrogens (tertiary/aromatic N) is 3. The van der Waals surface area contributed by atoms with Crippen LogP contribution >= 0.6 is 23.4 Å². The van der Waals surface area contributed by atoms with Crippen molar-refractivity contribution in [2.24, 2.45) is 0 Å². The fraction of sp³-hybridized carbons (Fsp3) is 0.105. The van der Waals surface area contributed by atoms with Crippen LogP contribution in [0.25, 0.3) is 5.69 Å². The Kier molecular flexibility index (Phi) is 5.62. The average molecular weight is 416 g/mol. The highest BCUT2D eigenvalue weighted by molar-refractivity contribution is 7.99. The molecular weight excluding hydrogens is 402 g/mol. The van der Waals surface area contributed by atoms with Crippen molar-refractivity contribution in [3.8, 4) is 5.69 Å². The molecule has 0 amide bonds. The summed E-state index contributed by atoms with van der Waals surface area (Å²) in [5, 5.41) is 15.5. The number of nitro benzene ring substituents is 1. The first kappa shape index (κ1) is 19.8. The van der Waals surface area contributed by atoms with Gasteiger partial charge in [-0.1, -0.05) is 29.4 Å². The predicted octanol–water partition coefficient (Wildman–Crippen LogP) is 4.46. The molecule has 0 radical (unpaired) electrons. The number of ketones is 1. The van der Waals surface area contributed by atoms with Gasteiger partial charge in [-0.3, -0.25) is 19.7 Å². The quantitative estimate of drug-likeness (QED) is 0.347. The van der Waals surface area contributed by atoms with Crippen LogP contribution in [0, 0.1) is 17.0 Å². The van der Waals surface area contributed by atoms with E-state index >= 15 is 0 Å². The lowest BCUT2D eigenvalue weighted by atomic mass is 10.2. The van der Waals surface area contributed by atoms with Crippen molar-refractivity contribution >= 4 is 34.8 Å². The van der Waals surface area contributed by atoms with E-state index in [1.807, 2.05) is 0 Å². The Labute approximate surface area is 169 Å². The fourth-order valence-electron chi connectivity index (χ4n) is 2.58. The van der Waals surface area contributed by atoms with Crippen molar-refractivity contribution in [3.63, 3.8) is 0 Å². The normalized spacial score (nSPS) is 10.7. The standard InChI is InChI=1S/C19H14ClN3O4S/c1-11-17(12(2)24)21-22(15-5-3-4-13(20)10-15)19(25)18(11)28-16-8-6-14(7-9-16)23(26)27/h3-10H,1-2H3. The number of rotatable bonds is 5. The molecule has 0 N–H and O–H groups in total. The van der Waals surface area contributed by atoms with E-state index in [2.05, 4.69) is 5.10 Å². The van der Waals surface area contributed by atoms with Crippen LogP contribution in [0.2, 0.25) is 5.02 Å². The molecule has 1 heterocycles. The first-order chi connectivity index (χ1) is 13.3. The van der Waals surface area contributed by atoms with Gasteiger partial charge in [-0.2, -0.15) is 9.78 Å². The van der Waals surface area contributed by atoms with E-state index in [0.29, 0.717) is 26.1 Å². The van der Waals surface area contributed by atoms with Gasteiger partial charge in [0.2, 0.25) is 0 Å². The van der Waals surface area contributed by atoms with Crippen molar-refractivity contribution in [2.75, 3.05) is 0 Å². The zero-order chi connectivity index (χ0) is 20.4. The summed E-state index contributed by atoms with van der Waals surface area (Å²) in [6.07, 6.45) is 0.